The van der Waals surface area contributed by atoms with E-state index >= 15 is 0 Å². The third kappa shape index (κ3) is 2.36. The Morgan fingerprint density at radius 1 is 1.05 bits per heavy atom. The van der Waals surface area contributed by atoms with Crippen molar-refractivity contribution in [2.24, 2.45) is 0 Å². The first-order valence-corrected chi connectivity index (χ1v) is 6.93. The summed E-state index contributed by atoms with van der Waals surface area (Å²) >= 11 is 0. The topological polar surface area (TPSA) is 42.2 Å². The number of rotatable bonds is 3. The summed E-state index contributed by atoms with van der Waals surface area (Å²) in [5, 5.41) is 11.4. The summed E-state index contributed by atoms with van der Waals surface area (Å²) in [6.45, 7) is 3.96. The summed E-state index contributed by atoms with van der Waals surface area (Å²) in [6.07, 6.45) is 0.542. The number of carbonyl (C=O) groups is 1. The molecule has 1 atom stereocenters. The summed E-state index contributed by atoms with van der Waals surface area (Å²) in [5.41, 5.74) is 3.56. The minimum atomic E-state index is -1.20. The van der Waals surface area contributed by atoms with E-state index in [-0.39, 0.29) is 5.78 Å². The van der Waals surface area contributed by atoms with Crippen molar-refractivity contribution in [3.8, 4) is 0 Å². The quantitative estimate of drug-likeness (QED) is 0.744. The molecule has 0 amide bonds. The Bertz CT molecular complexity index is 817. The summed E-state index contributed by atoms with van der Waals surface area (Å²) in [6, 6.07) is 15.1. The van der Waals surface area contributed by atoms with E-state index in [1.54, 1.807) is 16.8 Å². The highest BCUT2D eigenvalue weighted by molar-refractivity contribution is 5.99. The van der Waals surface area contributed by atoms with Crippen LogP contribution in [0.1, 0.15) is 27.7 Å². The zero-order valence-corrected chi connectivity index (χ0v) is 12.1. The minimum Gasteiger partial charge on any atom is -0.366 e. The number of aryl methyl sites for hydroxylation is 2. The van der Waals surface area contributed by atoms with Crippen molar-refractivity contribution >= 4 is 16.7 Å². The van der Waals surface area contributed by atoms with Crippen molar-refractivity contribution in [1.29, 1.82) is 0 Å². The SMILES string of the molecule is Cc1ccc(C(=O)C(O)n2ccc3ccccc32)cc1C. The average molecular weight is 279 g/mol. The number of ketones is 1. The highest BCUT2D eigenvalue weighted by Gasteiger charge is 2.20. The molecule has 3 nitrogen and oxygen atoms in total. The second kappa shape index (κ2) is 5.19. The Labute approximate surface area is 123 Å². The first-order chi connectivity index (χ1) is 10.1. The van der Waals surface area contributed by atoms with Gasteiger partial charge in [-0.2, -0.15) is 0 Å². The summed E-state index contributed by atoms with van der Waals surface area (Å²) in [7, 11) is 0. The third-order valence-electron chi connectivity index (χ3n) is 3.92. The zero-order chi connectivity index (χ0) is 15.0. The lowest BCUT2D eigenvalue weighted by atomic mass is 10.0. The molecule has 3 rings (SSSR count). The number of fused-ring (bicyclic) bond motifs is 1. The van der Waals surface area contributed by atoms with E-state index in [9.17, 15) is 9.90 Å². The number of hydrogen-bond donors (Lipinski definition) is 1. The molecule has 3 aromatic rings. The van der Waals surface area contributed by atoms with Crippen molar-refractivity contribution in [1.82, 2.24) is 4.57 Å². The van der Waals surface area contributed by atoms with E-state index in [0.717, 1.165) is 22.0 Å². The number of nitrogens with zero attached hydrogens (tertiary/aromatic N) is 1. The molecule has 0 fully saturated rings. The minimum absolute atomic E-state index is 0.292. The fourth-order valence-electron chi connectivity index (χ4n) is 2.49. The van der Waals surface area contributed by atoms with E-state index in [0.29, 0.717) is 5.56 Å². The van der Waals surface area contributed by atoms with Crippen LogP contribution in [0.2, 0.25) is 0 Å². The molecule has 0 aliphatic rings. The Morgan fingerprint density at radius 2 is 1.81 bits per heavy atom. The van der Waals surface area contributed by atoms with Crippen molar-refractivity contribution < 1.29 is 9.90 Å². The Hall–Kier alpha value is -2.39. The highest BCUT2D eigenvalue weighted by Crippen LogP contribution is 2.22. The molecule has 106 valence electrons. The number of benzene rings is 2. The van der Waals surface area contributed by atoms with Gasteiger partial charge >= 0.3 is 0 Å². The van der Waals surface area contributed by atoms with Crippen LogP contribution in [0, 0.1) is 13.8 Å². The fourth-order valence-corrected chi connectivity index (χ4v) is 2.49. The fraction of sp³-hybridized carbons (Fsp3) is 0.167. The highest BCUT2D eigenvalue weighted by atomic mass is 16.3. The maximum absolute atomic E-state index is 12.5. The van der Waals surface area contributed by atoms with Crippen LogP contribution < -0.4 is 0 Å². The first kappa shape index (κ1) is 13.6. The van der Waals surface area contributed by atoms with Gasteiger partial charge in [0.2, 0.25) is 5.78 Å². The average Bonchev–Trinajstić information content (AvgIpc) is 2.92. The van der Waals surface area contributed by atoms with Crippen LogP contribution in [-0.4, -0.2) is 15.5 Å². The van der Waals surface area contributed by atoms with Crippen molar-refractivity contribution in [3.63, 3.8) is 0 Å². The molecule has 0 aliphatic heterocycles. The molecule has 0 saturated carbocycles. The van der Waals surface area contributed by atoms with Gasteiger partial charge in [-0.25, -0.2) is 0 Å². The predicted octanol–water partition coefficient (Wildman–Crippen LogP) is 3.63. The van der Waals surface area contributed by atoms with E-state index in [1.165, 1.54) is 0 Å². The molecule has 0 radical (unpaired) electrons. The zero-order valence-electron chi connectivity index (χ0n) is 12.1. The van der Waals surface area contributed by atoms with Crippen LogP contribution in [0.4, 0.5) is 0 Å². The summed E-state index contributed by atoms with van der Waals surface area (Å²) < 4.78 is 1.60. The van der Waals surface area contributed by atoms with Crippen LogP contribution in [0.5, 0.6) is 0 Å². The van der Waals surface area contributed by atoms with Crippen molar-refractivity contribution in [3.05, 3.63) is 71.4 Å². The monoisotopic (exact) mass is 279 g/mol. The second-order valence-corrected chi connectivity index (χ2v) is 5.32. The molecule has 0 spiro atoms. The lowest BCUT2D eigenvalue weighted by Crippen LogP contribution is -2.18. The number of para-hydroxylation sites is 1. The molecule has 0 aliphatic carbocycles. The van der Waals surface area contributed by atoms with E-state index in [4.69, 9.17) is 0 Å². The Kier molecular flexibility index (Phi) is 3.35. The molecule has 21 heavy (non-hydrogen) atoms. The van der Waals surface area contributed by atoms with E-state index < -0.39 is 6.23 Å². The Morgan fingerprint density at radius 3 is 2.57 bits per heavy atom. The molecule has 1 N–H and O–H groups in total. The molecule has 0 bridgehead atoms. The number of aliphatic hydroxyl groups is 1. The summed E-state index contributed by atoms with van der Waals surface area (Å²) in [5.74, 6) is -0.292. The predicted molar refractivity (Wildman–Crippen MR) is 83.4 cm³/mol. The van der Waals surface area contributed by atoms with Gasteiger partial charge < -0.3 is 9.67 Å². The van der Waals surface area contributed by atoms with Gasteiger partial charge in [0.1, 0.15) is 0 Å². The summed E-state index contributed by atoms with van der Waals surface area (Å²) in [4.78, 5) is 12.5. The van der Waals surface area contributed by atoms with Gasteiger partial charge in [-0.3, -0.25) is 4.79 Å². The lowest BCUT2D eigenvalue weighted by Gasteiger charge is -2.14. The molecule has 1 aromatic heterocycles. The van der Waals surface area contributed by atoms with Gasteiger partial charge in [-0.15, -0.1) is 0 Å². The molecular formula is C18H17NO2. The molecule has 1 heterocycles. The van der Waals surface area contributed by atoms with Crippen LogP contribution in [0.15, 0.2) is 54.7 Å². The normalized spacial score (nSPS) is 12.5. The first-order valence-electron chi connectivity index (χ1n) is 6.93. The molecular weight excluding hydrogens is 262 g/mol. The van der Waals surface area contributed by atoms with Gasteiger partial charge in [-0.05, 0) is 48.6 Å². The van der Waals surface area contributed by atoms with Crippen LogP contribution in [0.3, 0.4) is 0 Å². The number of carbonyl (C=O) groups excluding carboxylic acids is 1. The molecule has 2 aromatic carbocycles. The number of Topliss-reactive ketones (excluding diaryl/α,β-unsaturated/α-hetero) is 1. The Balaban J connectivity index is 1.99. The van der Waals surface area contributed by atoms with Gasteiger partial charge in [0.05, 0.1) is 5.52 Å². The van der Waals surface area contributed by atoms with Gasteiger partial charge in [0, 0.05) is 11.8 Å². The maximum Gasteiger partial charge on any atom is 0.212 e. The van der Waals surface area contributed by atoms with E-state index in [1.807, 2.05) is 56.3 Å². The number of hydrogen-bond acceptors (Lipinski definition) is 2. The van der Waals surface area contributed by atoms with E-state index in [2.05, 4.69) is 0 Å². The third-order valence-corrected chi connectivity index (χ3v) is 3.92. The molecule has 3 heteroatoms. The second-order valence-electron chi connectivity index (χ2n) is 5.32. The van der Waals surface area contributed by atoms with Gasteiger partial charge in [0.15, 0.2) is 6.23 Å². The van der Waals surface area contributed by atoms with Crippen LogP contribution in [-0.2, 0) is 0 Å². The van der Waals surface area contributed by atoms with Gasteiger partial charge in [0.25, 0.3) is 0 Å². The van der Waals surface area contributed by atoms with Crippen LogP contribution in [0.25, 0.3) is 10.9 Å². The maximum atomic E-state index is 12.5. The lowest BCUT2D eigenvalue weighted by molar-refractivity contribution is 0.0588. The van der Waals surface area contributed by atoms with Crippen LogP contribution >= 0.6 is 0 Å². The smallest absolute Gasteiger partial charge is 0.212 e. The number of aliphatic hydroxyl groups excluding tert-OH is 1. The largest absolute Gasteiger partial charge is 0.366 e. The van der Waals surface area contributed by atoms with Crippen molar-refractivity contribution in [2.75, 3.05) is 0 Å². The molecule has 1 unspecified atom stereocenters. The molecule has 0 saturated heterocycles. The standard InChI is InChI=1S/C18H17NO2/c1-12-7-8-15(11-13(12)2)17(20)18(21)19-10-9-14-5-3-4-6-16(14)19/h3-11,18,21H,1-2H3. The number of aromatic nitrogens is 1. The van der Waals surface area contributed by atoms with Gasteiger partial charge in [-0.1, -0.05) is 30.3 Å². The van der Waals surface area contributed by atoms with Crippen molar-refractivity contribution in [2.45, 2.75) is 20.1 Å².